The summed E-state index contributed by atoms with van der Waals surface area (Å²) in [6.45, 7) is 4.29. The molecule has 0 aliphatic heterocycles. The van der Waals surface area contributed by atoms with Gasteiger partial charge in [0.05, 0.1) is 14.2 Å². The van der Waals surface area contributed by atoms with Crippen LogP contribution in [0.5, 0.6) is 11.5 Å². The van der Waals surface area contributed by atoms with Crippen molar-refractivity contribution in [3.63, 3.8) is 0 Å². The molecule has 3 heteroatoms. The number of rotatable bonds is 4. The highest BCUT2D eigenvalue weighted by molar-refractivity contribution is 9.09. The van der Waals surface area contributed by atoms with Crippen molar-refractivity contribution >= 4 is 15.9 Å². The van der Waals surface area contributed by atoms with Crippen LogP contribution in [-0.4, -0.2) is 19.0 Å². The molecule has 84 valence electrons. The van der Waals surface area contributed by atoms with E-state index in [1.54, 1.807) is 14.2 Å². The van der Waals surface area contributed by atoms with Crippen LogP contribution in [0.3, 0.4) is 0 Å². The predicted molar refractivity (Wildman–Crippen MR) is 66.4 cm³/mol. The van der Waals surface area contributed by atoms with E-state index in [0.29, 0.717) is 10.7 Å². The van der Waals surface area contributed by atoms with E-state index in [1.807, 2.05) is 18.2 Å². The first kappa shape index (κ1) is 12.4. The average Bonchev–Trinajstić information content (AvgIpc) is 2.27. The molecule has 0 aromatic heterocycles. The van der Waals surface area contributed by atoms with Crippen LogP contribution in [0.2, 0.25) is 0 Å². The van der Waals surface area contributed by atoms with Gasteiger partial charge in [0.2, 0.25) is 0 Å². The molecule has 2 nitrogen and oxygen atoms in total. The largest absolute Gasteiger partial charge is 0.497 e. The Balaban J connectivity index is 3.11. The number of hydrogen-bond donors (Lipinski definition) is 0. The Bertz CT molecular complexity index is 323. The van der Waals surface area contributed by atoms with E-state index in [0.717, 1.165) is 11.5 Å². The summed E-state index contributed by atoms with van der Waals surface area (Å²) in [5.41, 5.74) is 1.17. The average molecular weight is 273 g/mol. The van der Waals surface area contributed by atoms with Crippen LogP contribution in [0, 0.1) is 0 Å². The first-order valence-corrected chi connectivity index (χ1v) is 5.87. The van der Waals surface area contributed by atoms with Gasteiger partial charge in [-0.2, -0.15) is 0 Å². The first-order chi connectivity index (χ1) is 7.10. The Morgan fingerprint density at radius 3 is 2.27 bits per heavy atom. The van der Waals surface area contributed by atoms with Crippen LogP contribution in [0.1, 0.15) is 25.3 Å². The molecule has 15 heavy (non-hydrogen) atoms. The summed E-state index contributed by atoms with van der Waals surface area (Å²) in [5, 5.41) is 0. The third-order valence-electron chi connectivity index (χ3n) is 2.62. The van der Waals surface area contributed by atoms with E-state index < -0.39 is 0 Å². The van der Waals surface area contributed by atoms with Gasteiger partial charge in [-0.1, -0.05) is 29.8 Å². The first-order valence-electron chi connectivity index (χ1n) is 4.96. The van der Waals surface area contributed by atoms with Gasteiger partial charge in [-0.15, -0.1) is 0 Å². The molecule has 2 unspecified atom stereocenters. The van der Waals surface area contributed by atoms with E-state index in [-0.39, 0.29) is 0 Å². The maximum Gasteiger partial charge on any atom is 0.122 e. The Hall–Kier alpha value is -0.700. The molecular weight excluding hydrogens is 256 g/mol. The molecule has 0 aliphatic rings. The zero-order valence-electron chi connectivity index (χ0n) is 9.58. The maximum absolute atomic E-state index is 5.34. The highest BCUT2D eigenvalue weighted by Gasteiger charge is 2.16. The third kappa shape index (κ3) is 2.88. The van der Waals surface area contributed by atoms with Crippen LogP contribution in [0.25, 0.3) is 0 Å². The minimum absolute atomic E-state index is 0.384. The number of ether oxygens (including phenoxy) is 2. The lowest BCUT2D eigenvalue weighted by Crippen LogP contribution is -2.06. The monoisotopic (exact) mass is 272 g/mol. The molecule has 0 amide bonds. The van der Waals surface area contributed by atoms with Gasteiger partial charge in [0.25, 0.3) is 0 Å². The van der Waals surface area contributed by atoms with Gasteiger partial charge < -0.3 is 9.47 Å². The molecule has 0 saturated heterocycles. The van der Waals surface area contributed by atoms with Crippen LogP contribution >= 0.6 is 15.9 Å². The van der Waals surface area contributed by atoms with Gasteiger partial charge in [0, 0.05) is 10.4 Å². The van der Waals surface area contributed by atoms with Crippen molar-refractivity contribution in [1.29, 1.82) is 0 Å². The minimum Gasteiger partial charge on any atom is -0.497 e. The molecule has 0 fully saturated rings. The summed E-state index contributed by atoms with van der Waals surface area (Å²) in [6, 6.07) is 5.88. The number of halogens is 1. The molecule has 1 aromatic rings. The van der Waals surface area contributed by atoms with E-state index in [4.69, 9.17) is 9.47 Å². The molecule has 0 N–H and O–H groups in total. The lowest BCUT2D eigenvalue weighted by atomic mass is 9.97. The highest BCUT2D eigenvalue weighted by Crippen LogP contribution is 2.34. The van der Waals surface area contributed by atoms with Gasteiger partial charge >= 0.3 is 0 Å². The van der Waals surface area contributed by atoms with Crippen LogP contribution in [0.4, 0.5) is 0 Å². The fourth-order valence-corrected chi connectivity index (χ4v) is 1.73. The van der Waals surface area contributed by atoms with Crippen molar-refractivity contribution < 1.29 is 9.47 Å². The summed E-state index contributed by atoms with van der Waals surface area (Å²) in [6.07, 6.45) is 0. The summed E-state index contributed by atoms with van der Waals surface area (Å²) in [5.74, 6) is 2.16. The van der Waals surface area contributed by atoms with Gasteiger partial charge in [0.1, 0.15) is 11.5 Å². The number of alkyl halides is 1. The summed E-state index contributed by atoms with van der Waals surface area (Å²) >= 11 is 3.59. The second kappa shape index (κ2) is 5.40. The molecule has 2 atom stereocenters. The molecule has 0 radical (unpaired) electrons. The SMILES string of the molecule is COc1ccc(OC)c(C(C)C(C)Br)c1. The van der Waals surface area contributed by atoms with Crippen molar-refractivity contribution in [2.45, 2.75) is 24.6 Å². The minimum atomic E-state index is 0.384. The molecule has 1 rings (SSSR count). The lowest BCUT2D eigenvalue weighted by molar-refractivity contribution is 0.396. The Labute approximate surface area is 99.7 Å². The molecule has 0 aliphatic carbocycles. The summed E-state index contributed by atoms with van der Waals surface area (Å²) in [4.78, 5) is 0.401. The maximum atomic E-state index is 5.34. The lowest BCUT2D eigenvalue weighted by Gasteiger charge is -2.18. The van der Waals surface area contributed by atoms with Gasteiger partial charge in [0.15, 0.2) is 0 Å². The van der Waals surface area contributed by atoms with Crippen LogP contribution in [-0.2, 0) is 0 Å². The van der Waals surface area contributed by atoms with Crippen molar-refractivity contribution in [1.82, 2.24) is 0 Å². The number of hydrogen-bond acceptors (Lipinski definition) is 2. The summed E-state index contributed by atoms with van der Waals surface area (Å²) < 4.78 is 10.6. The van der Waals surface area contributed by atoms with E-state index in [2.05, 4.69) is 29.8 Å². The second-order valence-electron chi connectivity index (χ2n) is 3.57. The second-order valence-corrected chi connectivity index (χ2v) is 5.02. The zero-order chi connectivity index (χ0) is 11.4. The molecular formula is C12H17BrO2. The molecule has 1 aromatic carbocycles. The van der Waals surface area contributed by atoms with Crippen molar-refractivity contribution in [2.24, 2.45) is 0 Å². The van der Waals surface area contributed by atoms with Crippen LogP contribution in [0.15, 0.2) is 18.2 Å². The summed E-state index contributed by atoms with van der Waals surface area (Å²) in [7, 11) is 3.37. The number of methoxy groups -OCH3 is 2. The van der Waals surface area contributed by atoms with Crippen molar-refractivity contribution in [2.75, 3.05) is 14.2 Å². The number of benzene rings is 1. The predicted octanol–water partition coefficient (Wildman–Crippen LogP) is 3.59. The van der Waals surface area contributed by atoms with Gasteiger partial charge in [-0.05, 0) is 24.1 Å². The van der Waals surface area contributed by atoms with E-state index in [9.17, 15) is 0 Å². The van der Waals surface area contributed by atoms with E-state index in [1.165, 1.54) is 5.56 Å². The smallest absolute Gasteiger partial charge is 0.122 e. The molecule has 0 bridgehead atoms. The quantitative estimate of drug-likeness (QED) is 0.780. The Morgan fingerprint density at radius 2 is 1.80 bits per heavy atom. The fourth-order valence-electron chi connectivity index (χ4n) is 1.44. The van der Waals surface area contributed by atoms with Crippen LogP contribution < -0.4 is 9.47 Å². The highest BCUT2D eigenvalue weighted by atomic mass is 79.9. The van der Waals surface area contributed by atoms with Crippen molar-refractivity contribution in [3.05, 3.63) is 23.8 Å². The molecule has 0 spiro atoms. The normalized spacial score (nSPS) is 14.5. The van der Waals surface area contributed by atoms with Gasteiger partial charge in [-0.3, -0.25) is 0 Å². The standard InChI is InChI=1S/C12H17BrO2/c1-8(9(2)13)11-7-10(14-3)5-6-12(11)15-4/h5-9H,1-4H3. The Kier molecular flexibility index (Phi) is 4.45. The molecule has 0 heterocycles. The van der Waals surface area contributed by atoms with Gasteiger partial charge in [-0.25, -0.2) is 0 Å². The zero-order valence-corrected chi connectivity index (χ0v) is 11.2. The Morgan fingerprint density at radius 1 is 1.13 bits per heavy atom. The molecule has 0 saturated carbocycles. The topological polar surface area (TPSA) is 18.5 Å². The van der Waals surface area contributed by atoms with E-state index >= 15 is 0 Å². The third-order valence-corrected chi connectivity index (χ3v) is 3.41. The fraction of sp³-hybridized carbons (Fsp3) is 0.500. The van der Waals surface area contributed by atoms with Crippen molar-refractivity contribution in [3.8, 4) is 11.5 Å².